The van der Waals surface area contributed by atoms with Crippen LogP contribution >= 0.6 is 7.82 Å². The predicted octanol–water partition coefficient (Wildman–Crippen LogP) is -0.791. The van der Waals surface area contributed by atoms with Gasteiger partial charge in [-0.15, -0.1) is 0 Å². The van der Waals surface area contributed by atoms with Gasteiger partial charge in [-0.25, -0.2) is 19.5 Å². The molecule has 1 fully saturated rings. The minimum atomic E-state index is -4.60. The molecule has 1 aliphatic rings. The molecule has 23 heavy (non-hydrogen) atoms. The molecule has 0 aromatic carbocycles. The second-order valence-corrected chi connectivity index (χ2v) is 6.44. The van der Waals surface area contributed by atoms with Crippen molar-refractivity contribution >= 4 is 24.8 Å². The summed E-state index contributed by atoms with van der Waals surface area (Å²) in [5.41, 5.74) is 6.73. The summed E-state index contributed by atoms with van der Waals surface area (Å²) in [6, 6.07) is -0.240. The first-order chi connectivity index (χ1) is 10.8. The first kappa shape index (κ1) is 16.2. The van der Waals surface area contributed by atoms with Gasteiger partial charge in [0.25, 0.3) is 0 Å². The highest BCUT2D eigenvalue weighted by Crippen LogP contribution is 2.37. The summed E-state index contributed by atoms with van der Waals surface area (Å²) in [5.74, 6) is 0.263. The molecule has 2 aromatic heterocycles. The number of anilines is 1. The molecule has 0 saturated carbocycles. The molecule has 126 valence electrons. The molecule has 1 saturated heterocycles. The third kappa shape index (κ3) is 3.50. The van der Waals surface area contributed by atoms with E-state index in [2.05, 4.69) is 19.5 Å². The van der Waals surface area contributed by atoms with Crippen LogP contribution in [-0.2, 0) is 13.8 Å². The highest BCUT2D eigenvalue weighted by atomic mass is 31.2. The number of rotatable bonds is 4. The number of aliphatic hydroxyl groups is 1. The summed E-state index contributed by atoms with van der Waals surface area (Å²) in [7, 11) is -4.60. The van der Waals surface area contributed by atoms with Crippen LogP contribution in [0.4, 0.5) is 5.82 Å². The van der Waals surface area contributed by atoms with E-state index in [-0.39, 0.29) is 18.5 Å². The Morgan fingerprint density at radius 2 is 2.22 bits per heavy atom. The van der Waals surface area contributed by atoms with E-state index in [1.54, 1.807) is 10.9 Å². The lowest BCUT2D eigenvalue weighted by atomic mass is 10.0. The van der Waals surface area contributed by atoms with Crippen molar-refractivity contribution < 1.29 is 28.7 Å². The highest BCUT2D eigenvalue weighted by molar-refractivity contribution is 7.46. The van der Waals surface area contributed by atoms with Gasteiger partial charge in [-0.05, 0) is 6.42 Å². The van der Waals surface area contributed by atoms with Crippen LogP contribution in [0.3, 0.4) is 0 Å². The molecule has 12 heteroatoms. The lowest BCUT2D eigenvalue weighted by Gasteiger charge is -2.33. The molecule has 0 aliphatic carbocycles. The maximum atomic E-state index is 10.7. The third-order valence-corrected chi connectivity index (χ3v) is 4.12. The fourth-order valence-electron chi connectivity index (χ4n) is 2.51. The number of aliphatic hydroxyl groups excluding tert-OH is 1. The highest BCUT2D eigenvalue weighted by Gasteiger charge is 2.33. The fraction of sp³-hybridized carbons (Fsp3) is 0.545. The van der Waals surface area contributed by atoms with Crippen molar-refractivity contribution in [2.45, 2.75) is 24.7 Å². The minimum absolute atomic E-state index is 0.210. The Kier molecular flexibility index (Phi) is 4.32. The van der Waals surface area contributed by atoms with Gasteiger partial charge in [-0.2, -0.15) is 0 Å². The van der Waals surface area contributed by atoms with Crippen LogP contribution in [0.15, 0.2) is 12.7 Å². The maximum absolute atomic E-state index is 10.7. The summed E-state index contributed by atoms with van der Waals surface area (Å²) in [4.78, 5) is 29.5. The molecule has 0 bridgehead atoms. The van der Waals surface area contributed by atoms with Crippen molar-refractivity contribution in [2.24, 2.45) is 0 Å². The smallest absolute Gasteiger partial charge is 0.390 e. The Balaban J connectivity index is 1.72. The number of hydrogen-bond acceptors (Lipinski definition) is 8. The lowest BCUT2D eigenvalue weighted by Crippen LogP contribution is -2.41. The number of phosphoric acid groups is 1. The van der Waals surface area contributed by atoms with E-state index in [0.29, 0.717) is 17.6 Å². The molecular formula is C11H16N5O6P. The molecule has 3 atom stereocenters. The van der Waals surface area contributed by atoms with Gasteiger partial charge in [0.2, 0.25) is 0 Å². The van der Waals surface area contributed by atoms with E-state index in [1.807, 2.05) is 0 Å². The Bertz CT molecular complexity index is 748. The van der Waals surface area contributed by atoms with Gasteiger partial charge >= 0.3 is 7.82 Å². The Morgan fingerprint density at radius 1 is 1.43 bits per heavy atom. The molecule has 11 nitrogen and oxygen atoms in total. The van der Waals surface area contributed by atoms with E-state index >= 15 is 0 Å². The number of nitrogen functional groups attached to an aromatic ring is 1. The first-order valence-electron chi connectivity index (χ1n) is 6.78. The molecule has 3 rings (SSSR count). The van der Waals surface area contributed by atoms with Crippen LogP contribution in [0, 0.1) is 0 Å². The van der Waals surface area contributed by atoms with E-state index in [1.165, 1.54) is 6.33 Å². The number of aromatic nitrogens is 4. The van der Waals surface area contributed by atoms with Gasteiger partial charge in [0.05, 0.1) is 31.7 Å². The number of hydrogen-bond donors (Lipinski definition) is 4. The van der Waals surface area contributed by atoms with E-state index in [9.17, 15) is 9.67 Å². The SMILES string of the molecule is Nc1ncnc2c1ncn2[C@@H]1CO[C@H](COP(=O)(O)O)[C@@H](O)C1. The van der Waals surface area contributed by atoms with E-state index < -0.39 is 26.6 Å². The zero-order chi connectivity index (χ0) is 16.6. The molecule has 1 aliphatic heterocycles. The quantitative estimate of drug-likeness (QED) is 0.516. The van der Waals surface area contributed by atoms with Gasteiger partial charge in [0.1, 0.15) is 17.9 Å². The van der Waals surface area contributed by atoms with Crippen molar-refractivity contribution in [3.8, 4) is 0 Å². The summed E-state index contributed by atoms with van der Waals surface area (Å²) < 4.78 is 22.3. The maximum Gasteiger partial charge on any atom is 0.469 e. The Hall–Kier alpha value is -1.62. The average molecular weight is 345 g/mol. The monoisotopic (exact) mass is 345 g/mol. The second kappa shape index (κ2) is 6.11. The first-order valence-corrected chi connectivity index (χ1v) is 8.31. The minimum Gasteiger partial charge on any atom is -0.390 e. The number of imidazole rings is 1. The molecule has 5 N–H and O–H groups in total. The van der Waals surface area contributed by atoms with Crippen LogP contribution in [0.25, 0.3) is 11.2 Å². The zero-order valence-electron chi connectivity index (χ0n) is 11.9. The number of ether oxygens (including phenoxy) is 1. The number of fused-ring (bicyclic) bond motifs is 1. The molecule has 0 spiro atoms. The van der Waals surface area contributed by atoms with Gasteiger partial charge in [-0.3, -0.25) is 4.52 Å². The molecule has 3 heterocycles. The van der Waals surface area contributed by atoms with E-state index in [0.717, 1.165) is 0 Å². The topological polar surface area (TPSA) is 166 Å². The predicted molar refractivity (Wildman–Crippen MR) is 77.1 cm³/mol. The Labute approximate surface area is 130 Å². The summed E-state index contributed by atoms with van der Waals surface area (Å²) in [6.45, 7) is -0.181. The normalized spacial score (nSPS) is 25.8. The second-order valence-electron chi connectivity index (χ2n) is 5.20. The summed E-state index contributed by atoms with van der Waals surface area (Å²) in [5, 5.41) is 10.1. The number of phosphoric ester groups is 1. The number of nitrogens with zero attached hydrogens (tertiary/aromatic N) is 4. The molecule has 0 unspecified atom stereocenters. The fourth-order valence-corrected chi connectivity index (χ4v) is 2.85. The summed E-state index contributed by atoms with van der Waals surface area (Å²) in [6.07, 6.45) is 1.41. The average Bonchev–Trinajstić information content (AvgIpc) is 2.90. The van der Waals surface area contributed by atoms with Crippen molar-refractivity contribution in [3.05, 3.63) is 12.7 Å². The van der Waals surface area contributed by atoms with Gasteiger partial charge in [-0.1, -0.05) is 0 Å². The molecule has 2 aromatic rings. The van der Waals surface area contributed by atoms with Crippen molar-refractivity contribution in [3.63, 3.8) is 0 Å². The van der Waals surface area contributed by atoms with Crippen molar-refractivity contribution in [1.82, 2.24) is 19.5 Å². The van der Waals surface area contributed by atoms with Crippen LogP contribution in [0.1, 0.15) is 12.5 Å². The van der Waals surface area contributed by atoms with Crippen LogP contribution in [0.5, 0.6) is 0 Å². The molecular weight excluding hydrogens is 329 g/mol. The van der Waals surface area contributed by atoms with Crippen LogP contribution in [-0.4, -0.2) is 59.8 Å². The summed E-state index contributed by atoms with van der Waals surface area (Å²) >= 11 is 0. The zero-order valence-corrected chi connectivity index (χ0v) is 12.8. The van der Waals surface area contributed by atoms with Crippen LogP contribution < -0.4 is 5.73 Å². The van der Waals surface area contributed by atoms with Gasteiger partial charge < -0.3 is 29.9 Å². The van der Waals surface area contributed by atoms with Gasteiger partial charge in [0.15, 0.2) is 11.5 Å². The van der Waals surface area contributed by atoms with Crippen molar-refractivity contribution in [2.75, 3.05) is 18.9 Å². The third-order valence-electron chi connectivity index (χ3n) is 3.63. The van der Waals surface area contributed by atoms with Gasteiger partial charge in [0, 0.05) is 0 Å². The lowest BCUT2D eigenvalue weighted by molar-refractivity contribution is -0.110. The largest absolute Gasteiger partial charge is 0.469 e. The molecule has 0 amide bonds. The standard InChI is InChI=1S/C11H16N5O6P/c12-10-9-11(14-4-13-10)16(5-15-9)6-1-7(17)8(21-2-6)3-22-23(18,19)20/h4-8,17H,1-3H2,(H2,12,13,14)(H2,18,19,20)/t6-,7-,8+/m0/s1. The number of nitrogens with two attached hydrogens (primary N) is 1. The van der Waals surface area contributed by atoms with E-state index in [4.69, 9.17) is 20.3 Å². The van der Waals surface area contributed by atoms with Crippen molar-refractivity contribution in [1.29, 1.82) is 0 Å². The molecule has 0 radical (unpaired) electrons. The Morgan fingerprint density at radius 3 is 2.91 bits per heavy atom. The van der Waals surface area contributed by atoms with Crippen LogP contribution in [0.2, 0.25) is 0 Å².